The molecule has 4 nitrogen and oxygen atoms in total. The van der Waals surface area contributed by atoms with Gasteiger partial charge in [-0.3, -0.25) is 0 Å². The number of hydrogen-bond donors (Lipinski definition) is 0. The van der Waals surface area contributed by atoms with Crippen molar-refractivity contribution in [2.75, 3.05) is 6.26 Å². The van der Waals surface area contributed by atoms with Gasteiger partial charge >= 0.3 is 29.6 Å². The summed E-state index contributed by atoms with van der Waals surface area (Å²) in [5, 5.41) is 2.62. The first-order valence-corrected chi connectivity index (χ1v) is 6.42. The predicted octanol–water partition coefficient (Wildman–Crippen LogP) is -1.18. The summed E-state index contributed by atoms with van der Waals surface area (Å²) < 4.78 is 27.2. The fourth-order valence-electron chi connectivity index (χ4n) is 1.13. The molecule has 0 unspecified atom stereocenters. The molecule has 0 aromatic heterocycles. The molecule has 0 heterocycles. The van der Waals surface area contributed by atoms with Crippen molar-refractivity contribution in [3.63, 3.8) is 0 Å². The third kappa shape index (κ3) is 10.4. The Bertz CT molecular complexity index is 481. The Morgan fingerprint density at radius 2 is 1.06 bits per heavy atom. The van der Waals surface area contributed by atoms with E-state index in [2.05, 4.69) is 48.5 Å². The molecule has 0 bridgehead atoms. The van der Waals surface area contributed by atoms with Gasteiger partial charge in [-0.15, -0.1) is 0 Å². The van der Waals surface area contributed by atoms with Crippen LogP contribution in [0, 0.1) is 0 Å². The molecule has 18 heavy (non-hydrogen) atoms. The normalized spacial score (nSPS) is 9.00. The fourth-order valence-corrected chi connectivity index (χ4v) is 1.13. The van der Waals surface area contributed by atoms with Gasteiger partial charge in [0.25, 0.3) is 0 Å². The van der Waals surface area contributed by atoms with Crippen LogP contribution in [-0.4, -0.2) is 26.0 Å². The van der Waals surface area contributed by atoms with E-state index in [-0.39, 0.29) is 29.6 Å². The van der Waals surface area contributed by atoms with Crippen LogP contribution in [0.15, 0.2) is 48.5 Å². The number of rotatable bonds is 0. The molecule has 0 fully saturated rings. The maximum Gasteiger partial charge on any atom is 1.00 e. The van der Waals surface area contributed by atoms with Crippen molar-refractivity contribution in [1.29, 1.82) is 0 Å². The molecule has 0 saturated heterocycles. The van der Waals surface area contributed by atoms with E-state index < -0.39 is 10.1 Å². The van der Waals surface area contributed by atoms with Crippen molar-refractivity contribution < 1.29 is 47.3 Å². The smallest absolute Gasteiger partial charge is 0.748 e. The van der Waals surface area contributed by atoms with Gasteiger partial charge in [0.05, 0.1) is 10.1 Å². The van der Waals surface area contributed by atoms with Crippen LogP contribution >= 0.6 is 0 Å². The summed E-state index contributed by atoms with van der Waals surface area (Å²) in [7, 11) is -3.92. The van der Waals surface area contributed by atoms with Crippen molar-refractivity contribution >= 4 is 27.7 Å². The molecule has 0 spiro atoms. The topological polar surface area (TPSA) is 74.3 Å². The molecule has 0 N–H and O–H groups in total. The van der Waals surface area contributed by atoms with Gasteiger partial charge in [0.2, 0.25) is 0 Å². The molecule has 2 aromatic rings. The number of hydrogen-bond acceptors (Lipinski definition) is 4. The van der Waals surface area contributed by atoms with E-state index in [9.17, 15) is 0 Å². The van der Waals surface area contributed by atoms with E-state index in [0.29, 0.717) is 6.26 Å². The van der Waals surface area contributed by atoms with E-state index in [4.69, 9.17) is 17.8 Å². The number of carbonyl (C=O) groups excluding carboxylic acids is 1. The van der Waals surface area contributed by atoms with Crippen LogP contribution in [-0.2, 0) is 14.9 Å². The Morgan fingerprint density at radius 3 is 1.22 bits per heavy atom. The third-order valence-corrected chi connectivity index (χ3v) is 1.66. The molecular weight excluding hydrogens is 263 g/mol. The second-order valence-corrected chi connectivity index (χ2v) is 4.46. The standard InChI is InChI=1S/C10H8.CH4O3S.CH2O.Na/c1-2-6-10-8-4-3-7-9(10)5-1;1-5(2,3)4;1-2;/h1-8H;1H3,(H,2,3,4);1H2;/q;;;+1/p-1. The Kier molecular flexibility index (Phi) is 11.1. The number of carbonyl (C=O) groups is 1. The molecule has 92 valence electrons. The second kappa shape index (κ2) is 10.2. The Hall–Kier alpha value is -0.720. The summed E-state index contributed by atoms with van der Waals surface area (Å²) in [6, 6.07) is 16.7. The minimum Gasteiger partial charge on any atom is -0.748 e. The maximum absolute atomic E-state index is 9.08. The molecule has 0 amide bonds. The Labute approximate surface area is 129 Å². The van der Waals surface area contributed by atoms with Gasteiger partial charge in [0, 0.05) is 6.26 Å². The van der Waals surface area contributed by atoms with Gasteiger partial charge in [-0.2, -0.15) is 0 Å². The van der Waals surface area contributed by atoms with Crippen molar-refractivity contribution in [1.82, 2.24) is 0 Å². The average Bonchev–Trinajstić information content (AvgIpc) is 2.30. The molecule has 0 saturated carbocycles. The zero-order valence-electron chi connectivity index (χ0n) is 10.4. The predicted molar refractivity (Wildman–Crippen MR) is 66.7 cm³/mol. The van der Waals surface area contributed by atoms with E-state index in [1.807, 2.05) is 6.79 Å². The Balaban J connectivity index is 0. The molecule has 0 atom stereocenters. The van der Waals surface area contributed by atoms with Crippen LogP contribution in [0.25, 0.3) is 10.8 Å². The van der Waals surface area contributed by atoms with Crippen molar-refractivity contribution in [2.24, 2.45) is 0 Å². The van der Waals surface area contributed by atoms with Crippen LogP contribution in [0.4, 0.5) is 0 Å². The van der Waals surface area contributed by atoms with Gasteiger partial charge < -0.3 is 9.35 Å². The van der Waals surface area contributed by atoms with E-state index in [1.54, 1.807) is 0 Å². The van der Waals surface area contributed by atoms with Gasteiger partial charge in [0.15, 0.2) is 0 Å². The van der Waals surface area contributed by atoms with Gasteiger partial charge in [-0.25, -0.2) is 8.42 Å². The van der Waals surface area contributed by atoms with Crippen LogP contribution in [0.2, 0.25) is 0 Å². The SMILES string of the molecule is C=O.CS(=O)(=O)[O-].[Na+].c1ccc2ccccc2c1. The van der Waals surface area contributed by atoms with Crippen molar-refractivity contribution in [3.8, 4) is 0 Å². The molecule has 0 aliphatic carbocycles. The van der Waals surface area contributed by atoms with Gasteiger partial charge in [0.1, 0.15) is 6.79 Å². The second-order valence-electron chi connectivity index (χ2n) is 3.05. The summed E-state index contributed by atoms with van der Waals surface area (Å²) in [4.78, 5) is 8.00. The minimum absolute atomic E-state index is 0. The van der Waals surface area contributed by atoms with Crippen molar-refractivity contribution in [2.45, 2.75) is 0 Å². The summed E-state index contributed by atoms with van der Waals surface area (Å²) in [5.74, 6) is 0. The molecule has 2 aromatic carbocycles. The summed E-state index contributed by atoms with van der Waals surface area (Å²) in [5.41, 5.74) is 0. The molecule has 0 aliphatic heterocycles. The zero-order valence-corrected chi connectivity index (χ0v) is 13.2. The summed E-state index contributed by atoms with van der Waals surface area (Å²) in [6.45, 7) is 2.00. The molecule has 6 heteroatoms. The average molecular weight is 276 g/mol. The number of benzene rings is 2. The monoisotopic (exact) mass is 276 g/mol. The first kappa shape index (κ1) is 19.6. The van der Waals surface area contributed by atoms with E-state index in [0.717, 1.165) is 0 Å². The zero-order chi connectivity index (χ0) is 13.3. The molecule has 2 rings (SSSR count). The first-order valence-electron chi connectivity index (χ1n) is 4.60. The quantitative estimate of drug-likeness (QED) is 0.448. The minimum atomic E-state index is -3.92. The van der Waals surface area contributed by atoms with Crippen LogP contribution in [0.1, 0.15) is 0 Å². The molecular formula is C12H13NaO4S. The number of fused-ring (bicyclic) bond motifs is 1. The van der Waals surface area contributed by atoms with Crippen LogP contribution < -0.4 is 29.6 Å². The summed E-state index contributed by atoms with van der Waals surface area (Å²) in [6.07, 6.45) is 0.604. The molecule has 0 aliphatic rings. The Morgan fingerprint density at radius 1 is 0.889 bits per heavy atom. The fraction of sp³-hybridized carbons (Fsp3) is 0.0833. The third-order valence-electron chi connectivity index (χ3n) is 1.66. The first-order chi connectivity index (χ1) is 7.97. The largest absolute Gasteiger partial charge is 1.00 e. The van der Waals surface area contributed by atoms with Gasteiger partial charge in [-0.1, -0.05) is 48.5 Å². The van der Waals surface area contributed by atoms with Gasteiger partial charge in [-0.05, 0) is 10.8 Å². The maximum atomic E-state index is 9.08. The molecule has 0 radical (unpaired) electrons. The van der Waals surface area contributed by atoms with Crippen molar-refractivity contribution in [3.05, 3.63) is 48.5 Å². The van der Waals surface area contributed by atoms with Crippen LogP contribution in [0.3, 0.4) is 0 Å². The summed E-state index contributed by atoms with van der Waals surface area (Å²) >= 11 is 0. The van der Waals surface area contributed by atoms with Crippen LogP contribution in [0.5, 0.6) is 0 Å². The van der Waals surface area contributed by atoms with E-state index >= 15 is 0 Å². The van der Waals surface area contributed by atoms with E-state index in [1.165, 1.54) is 10.8 Å².